The molecule has 0 aliphatic heterocycles. The average Bonchev–Trinajstić information content (AvgIpc) is 2.78. The third-order valence-corrected chi connectivity index (χ3v) is 2.17. The molecule has 0 atom stereocenters. The van der Waals surface area contributed by atoms with Crippen LogP contribution >= 0.6 is 0 Å². The minimum atomic E-state index is -1.19. The molecule has 2 aromatic rings. The van der Waals surface area contributed by atoms with Crippen LogP contribution < -0.4 is 0 Å². The standard InChI is InChI=1S/C12H9NO4/c14-10(7-12(15)16)11-6-9(13-17-11)8-4-2-1-3-5-8/h1-6H,7H2,(H,15,16). The van der Waals surface area contributed by atoms with Crippen molar-refractivity contribution in [2.45, 2.75) is 6.42 Å². The zero-order valence-electron chi connectivity index (χ0n) is 8.79. The molecule has 86 valence electrons. The van der Waals surface area contributed by atoms with Crippen LogP contribution in [-0.4, -0.2) is 22.0 Å². The van der Waals surface area contributed by atoms with Crippen LogP contribution in [-0.2, 0) is 4.79 Å². The van der Waals surface area contributed by atoms with E-state index in [1.807, 2.05) is 30.3 Å². The minimum Gasteiger partial charge on any atom is -0.481 e. The minimum absolute atomic E-state index is 0.0359. The number of Topliss-reactive ketones (excluding diaryl/α,β-unsaturated/α-hetero) is 1. The molecule has 0 fully saturated rings. The number of aliphatic carboxylic acids is 1. The Morgan fingerprint density at radius 3 is 2.59 bits per heavy atom. The molecule has 1 N–H and O–H groups in total. The third-order valence-electron chi connectivity index (χ3n) is 2.17. The second-order valence-corrected chi connectivity index (χ2v) is 3.44. The first kappa shape index (κ1) is 11.1. The number of hydrogen-bond donors (Lipinski definition) is 1. The average molecular weight is 231 g/mol. The predicted molar refractivity (Wildman–Crippen MR) is 58.5 cm³/mol. The maximum atomic E-state index is 11.4. The molecule has 1 aromatic heterocycles. The smallest absolute Gasteiger partial charge is 0.311 e. The molecule has 5 heteroatoms. The number of carbonyl (C=O) groups excluding carboxylic acids is 1. The van der Waals surface area contributed by atoms with Crippen molar-refractivity contribution in [1.82, 2.24) is 5.16 Å². The Morgan fingerprint density at radius 2 is 1.94 bits per heavy atom. The molecule has 5 nitrogen and oxygen atoms in total. The summed E-state index contributed by atoms with van der Waals surface area (Å²) in [6.45, 7) is 0. The van der Waals surface area contributed by atoms with Gasteiger partial charge in [0.25, 0.3) is 0 Å². The van der Waals surface area contributed by atoms with Gasteiger partial charge < -0.3 is 9.63 Å². The van der Waals surface area contributed by atoms with Crippen LogP contribution in [0.4, 0.5) is 0 Å². The molecular formula is C12H9NO4. The van der Waals surface area contributed by atoms with Gasteiger partial charge in [0.1, 0.15) is 12.1 Å². The van der Waals surface area contributed by atoms with Gasteiger partial charge in [0, 0.05) is 11.6 Å². The lowest BCUT2D eigenvalue weighted by molar-refractivity contribution is -0.135. The number of aromatic nitrogens is 1. The number of nitrogens with zero attached hydrogens (tertiary/aromatic N) is 1. The Labute approximate surface area is 96.7 Å². The number of hydrogen-bond acceptors (Lipinski definition) is 4. The van der Waals surface area contributed by atoms with Gasteiger partial charge in [0.15, 0.2) is 0 Å². The first-order valence-corrected chi connectivity index (χ1v) is 4.94. The van der Waals surface area contributed by atoms with Crippen molar-refractivity contribution in [1.29, 1.82) is 0 Å². The summed E-state index contributed by atoms with van der Waals surface area (Å²) in [5.74, 6) is -1.81. The highest BCUT2D eigenvalue weighted by Gasteiger charge is 2.16. The molecule has 0 unspecified atom stereocenters. The van der Waals surface area contributed by atoms with Gasteiger partial charge in [-0.15, -0.1) is 0 Å². The Bertz CT molecular complexity index is 545. The molecule has 17 heavy (non-hydrogen) atoms. The monoisotopic (exact) mass is 231 g/mol. The molecule has 2 rings (SSSR count). The highest BCUT2D eigenvalue weighted by atomic mass is 16.5. The lowest BCUT2D eigenvalue weighted by Crippen LogP contribution is -2.05. The lowest BCUT2D eigenvalue weighted by atomic mass is 10.1. The maximum Gasteiger partial charge on any atom is 0.311 e. The number of rotatable bonds is 4. The summed E-state index contributed by atoms with van der Waals surface area (Å²) < 4.78 is 4.82. The van der Waals surface area contributed by atoms with Gasteiger partial charge in [0.2, 0.25) is 11.5 Å². The lowest BCUT2D eigenvalue weighted by Gasteiger charge is -1.91. The SMILES string of the molecule is O=C(O)CC(=O)c1cc(-c2ccccc2)no1. The molecule has 0 amide bonds. The predicted octanol–water partition coefficient (Wildman–Crippen LogP) is 2.00. The number of carboxylic acid groups (broad SMARTS) is 1. The van der Waals surface area contributed by atoms with Crippen LogP contribution in [0, 0.1) is 0 Å². The van der Waals surface area contributed by atoms with Gasteiger partial charge in [-0.3, -0.25) is 9.59 Å². The van der Waals surface area contributed by atoms with Gasteiger partial charge in [0.05, 0.1) is 0 Å². The van der Waals surface area contributed by atoms with Gasteiger partial charge >= 0.3 is 5.97 Å². The van der Waals surface area contributed by atoms with Crippen molar-refractivity contribution in [3.05, 3.63) is 42.2 Å². The summed E-state index contributed by atoms with van der Waals surface area (Å²) in [4.78, 5) is 21.8. The zero-order chi connectivity index (χ0) is 12.3. The van der Waals surface area contributed by atoms with Crippen molar-refractivity contribution in [3.8, 4) is 11.3 Å². The Balaban J connectivity index is 2.22. The van der Waals surface area contributed by atoms with E-state index in [-0.39, 0.29) is 5.76 Å². The zero-order valence-corrected chi connectivity index (χ0v) is 8.79. The molecule has 0 saturated carbocycles. The van der Waals surface area contributed by atoms with Gasteiger partial charge in [-0.1, -0.05) is 35.5 Å². The number of carboxylic acids is 1. The summed E-state index contributed by atoms with van der Waals surface area (Å²) in [5, 5.41) is 12.2. The summed E-state index contributed by atoms with van der Waals surface area (Å²) in [7, 11) is 0. The van der Waals surface area contributed by atoms with Crippen molar-refractivity contribution in [2.75, 3.05) is 0 Å². The largest absolute Gasteiger partial charge is 0.481 e. The molecule has 1 aromatic carbocycles. The molecule has 0 aliphatic rings. The second kappa shape index (κ2) is 4.61. The molecular weight excluding hydrogens is 222 g/mol. The van der Waals surface area contributed by atoms with Crippen LogP contribution in [0.5, 0.6) is 0 Å². The van der Waals surface area contributed by atoms with Crippen LogP contribution in [0.25, 0.3) is 11.3 Å². The van der Waals surface area contributed by atoms with Gasteiger partial charge in [-0.25, -0.2) is 0 Å². The maximum absolute atomic E-state index is 11.4. The molecule has 0 saturated heterocycles. The summed E-state index contributed by atoms with van der Waals surface area (Å²) in [6, 6.07) is 10.6. The van der Waals surface area contributed by atoms with Crippen LogP contribution in [0.2, 0.25) is 0 Å². The van der Waals surface area contributed by atoms with Crippen LogP contribution in [0.15, 0.2) is 40.9 Å². The summed E-state index contributed by atoms with van der Waals surface area (Å²) in [6.07, 6.45) is -0.594. The molecule has 0 bridgehead atoms. The van der Waals surface area contributed by atoms with Crippen LogP contribution in [0.3, 0.4) is 0 Å². The highest BCUT2D eigenvalue weighted by molar-refractivity contribution is 6.04. The first-order chi connectivity index (χ1) is 8.16. The van der Waals surface area contributed by atoms with Crippen molar-refractivity contribution >= 4 is 11.8 Å². The van der Waals surface area contributed by atoms with Crippen LogP contribution in [0.1, 0.15) is 17.0 Å². The van der Waals surface area contributed by atoms with E-state index in [1.165, 1.54) is 6.07 Å². The highest BCUT2D eigenvalue weighted by Crippen LogP contribution is 2.19. The van der Waals surface area contributed by atoms with Gasteiger partial charge in [-0.05, 0) is 0 Å². The summed E-state index contributed by atoms with van der Waals surface area (Å²) >= 11 is 0. The number of benzene rings is 1. The van der Waals surface area contributed by atoms with E-state index < -0.39 is 18.2 Å². The van der Waals surface area contributed by atoms with E-state index in [1.54, 1.807) is 0 Å². The van der Waals surface area contributed by atoms with Crippen molar-refractivity contribution in [2.24, 2.45) is 0 Å². The van der Waals surface area contributed by atoms with E-state index in [0.29, 0.717) is 5.69 Å². The second-order valence-electron chi connectivity index (χ2n) is 3.44. The van der Waals surface area contributed by atoms with E-state index >= 15 is 0 Å². The fourth-order valence-corrected chi connectivity index (χ4v) is 1.38. The van der Waals surface area contributed by atoms with Crippen molar-refractivity contribution < 1.29 is 19.2 Å². The molecule has 0 spiro atoms. The third kappa shape index (κ3) is 2.57. The quantitative estimate of drug-likeness (QED) is 0.643. The van der Waals surface area contributed by atoms with E-state index in [4.69, 9.17) is 9.63 Å². The Hall–Kier alpha value is -2.43. The fourth-order valence-electron chi connectivity index (χ4n) is 1.38. The fraction of sp³-hybridized carbons (Fsp3) is 0.0833. The molecule has 1 heterocycles. The number of ketones is 1. The van der Waals surface area contributed by atoms with E-state index in [2.05, 4.69) is 5.16 Å². The first-order valence-electron chi connectivity index (χ1n) is 4.94. The van der Waals surface area contributed by atoms with E-state index in [9.17, 15) is 9.59 Å². The Kier molecular flexibility index (Phi) is 3.00. The number of carbonyl (C=O) groups is 2. The molecule has 0 aliphatic carbocycles. The topological polar surface area (TPSA) is 80.4 Å². The normalized spacial score (nSPS) is 10.1. The van der Waals surface area contributed by atoms with Crippen molar-refractivity contribution in [3.63, 3.8) is 0 Å². The Morgan fingerprint density at radius 1 is 1.24 bits per heavy atom. The van der Waals surface area contributed by atoms with E-state index in [0.717, 1.165) is 5.56 Å². The van der Waals surface area contributed by atoms with Gasteiger partial charge in [-0.2, -0.15) is 0 Å². The molecule has 0 radical (unpaired) electrons. The summed E-state index contributed by atoms with van der Waals surface area (Å²) in [5.41, 5.74) is 1.32.